The molecule has 2 rings (SSSR count). The van der Waals surface area contributed by atoms with Crippen LogP contribution < -0.4 is 5.32 Å². The Morgan fingerprint density at radius 3 is 2.60 bits per heavy atom. The third-order valence-electron chi connectivity index (χ3n) is 3.32. The van der Waals surface area contributed by atoms with Crippen molar-refractivity contribution in [3.8, 4) is 0 Å². The summed E-state index contributed by atoms with van der Waals surface area (Å²) in [6.07, 6.45) is -0.743. The average Bonchev–Trinajstić information content (AvgIpc) is 2.88. The van der Waals surface area contributed by atoms with Crippen molar-refractivity contribution in [1.82, 2.24) is 5.32 Å². The molecule has 1 aromatic rings. The summed E-state index contributed by atoms with van der Waals surface area (Å²) in [6.45, 7) is 1.88. The summed E-state index contributed by atoms with van der Waals surface area (Å²) < 4.78 is 6.15. The van der Waals surface area contributed by atoms with Gasteiger partial charge in [0.1, 0.15) is 6.10 Å². The highest BCUT2D eigenvalue weighted by Crippen LogP contribution is 2.24. The maximum Gasteiger partial charge on any atom is 0.332 e. The molecule has 108 valence electrons. The molecule has 0 aromatic heterocycles. The molecule has 1 heterocycles. The summed E-state index contributed by atoms with van der Waals surface area (Å²) in [5.74, 6) is -1.28. The molecule has 0 saturated carbocycles. The summed E-state index contributed by atoms with van der Waals surface area (Å²) in [7, 11) is 0. The van der Waals surface area contributed by atoms with Crippen LogP contribution in [0.3, 0.4) is 0 Å². The lowest BCUT2D eigenvalue weighted by Gasteiger charge is -2.18. The summed E-state index contributed by atoms with van der Waals surface area (Å²) in [5.41, 5.74) is 0.966. The molecule has 0 spiro atoms. The van der Waals surface area contributed by atoms with Gasteiger partial charge in [-0.15, -0.1) is 0 Å². The van der Waals surface area contributed by atoms with E-state index in [4.69, 9.17) is 9.84 Å². The highest BCUT2D eigenvalue weighted by molar-refractivity contribution is 9.10. The number of carbonyl (C=O) groups excluding carboxylic acids is 1. The van der Waals surface area contributed by atoms with Gasteiger partial charge in [0.25, 0.3) is 0 Å². The Morgan fingerprint density at radius 2 is 2.00 bits per heavy atom. The predicted molar refractivity (Wildman–Crippen MR) is 76.2 cm³/mol. The molecule has 2 N–H and O–H groups in total. The van der Waals surface area contributed by atoms with E-state index in [0.717, 1.165) is 10.0 Å². The third-order valence-corrected chi connectivity index (χ3v) is 4.04. The Bertz CT molecular complexity index is 520. The number of halogens is 1. The van der Waals surface area contributed by atoms with E-state index in [1.807, 2.05) is 31.2 Å². The van der Waals surface area contributed by atoms with Crippen LogP contribution in [0, 0.1) is 0 Å². The summed E-state index contributed by atoms with van der Waals surface area (Å²) in [6, 6.07) is 7.45. The maximum atomic E-state index is 12.1. The number of benzene rings is 1. The van der Waals surface area contributed by atoms with Gasteiger partial charge in [0.2, 0.25) is 5.91 Å². The van der Waals surface area contributed by atoms with Crippen LogP contribution in [-0.4, -0.2) is 29.2 Å². The first kappa shape index (κ1) is 15.0. The number of carboxylic acid groups (broad SMARTS) is 1. The third kappa shape index (κ3) is 3.37. The van der Waals surface area contributed by atoms with E-state index < -0.39 is 18.2 Å². The minimum absolute atomic E-state index is 0.175. The SMILES string of the molecule is C[C@H](NC(=O)[C@@H]1CC[C@H](C(=O)O)O1)c1ccccc1Br. The molecule has 1 amide bonds. The Balaban J connectivity index is 1.95. The molecule has 1 saturated heterocycles. The average molecular weight is 342 g/mol. The van der Waals surface area contributed by atoms with Gasteiger partial charge in [-0.2, -0.15) is 0 Å². The Labute approximate surface area is 125 Å². The Kier molecular flexibility index (Phi) is 4.77. The minimum atomic E-state index is -1.01. The van der Waals surface area contributed by atoms with E-state index in [9.17, 15) is 9.59 Å². The Hall–Kier alpha value is -1.40. The zero-order valence-corrected chi connectivity index (χ0v) is 12.6. The number of carboxylic acids is 1. The molecular formula is C14H16BrNO4. The number of carbonyl (C=O) groups is 2. The zero-order chi connectivity index (χ0) is 14.7. The smallest absolute Gasteiger partial charge is 0.332 e. The van der Waals surface area contributed by atoms with Gasteiger partial charge in [-0.25, -0.2) is 4.79 Å². The van der Waals surface area contributed by atoms with E-state index >= 15 is 0 Å². The molecule has 1 fully saturated rings. The first-order valence-corrected chi connectivity index (χ1v) is 7.21. The molecule has 0 bridgehead atoms. The van der Waals surface area contributed by atoms with Gasteiger partial charge in [0.15, 0.2) is 6.10 Å². The van der Waals surface area contributed by atoms with Crippen LogP contribution >= 0.6 is 15.9 Å². The number of ether oxygens (including phenoxy) is 1. The molecule has 1 aliphatic rings. The topological polar surface area (TPSA) is 75.6 Å². The van der Waals surface area contributed by atoms with Gasteiger partial charge in [0, 0.05) is 4.47 Å². The molecule has 1 aromatic carbocycles. The van der Waals surface area contributed by atoms with Crippen molar-refractivity contribution in [3.63, 3.8) is 0 Å². The maximum absolute atomic E-state index is 12.1. The van der Waals surface area contributed by atoms with E-state index in [2.05, 4.69) is 21.2 Å². The molecule has 1 aliphatic heterocycles. The largest absolute Gasteiger partial charge is 0.479 e. The minimum Gasteiger partial charge on any atom is -0.479 e. The predicted octanol–water partition coefficient (Wildman–Crippen LogP) is 2.26. The molecule has 3 atom stereocenters. The van der Waals surface area contributed by atoms with Crippen molar-refractivity contribution in [2.24, 2.45) is 0 Å². The van der Waals surface area contributed by atoms with Crippen LogP contribution in [0.25, 0.3) is 0 Å². The second-order valence-electron chi connectivity index (χ2n) is 4.78. The van der Waals surface area contributed by atoms with E-state index in [1.165, 1.54) is 0 Å². The first-order chi connectivity index (χ1) is 9.49. The Morgan fingerprint density at radius 1 is 1.35 bits per heavy atom. The lowest BCUT2D eigenvalue weighted by Crippen LogP contribution is -2.37. The van der Waals surface area contributed by atoms with Crippen molar-refractivity contribution in [1.29, 1.82) is 0 Å². The van der Waals surface area contributed by atoms with Gasteiger partial charge in [-0.1, -0.05) is 34.1 Å². The normalized spacial score (nSPS) is 23.3. The number of rotatable bonds is 4. The van der Waals surface area contributed by atoms with Crippen molar-refractivity contribution in [3.05, 3.63) is 34.3 Å². The van der Waals surface area contributed by atoms with Crippen molar-refractivity contribution in [2.45, 2.75) is 38.0 Å². The fraction of sp³-hybridized carbons (Fsp3) is 0.429. The molecular weight excluding hydrogens is 326 g/mol. The second kappa shape index (κ2) is 6.37. The fourth-order valence-electron chi connectivity index (χ4n) is 2.22. The lowest BCUT2D eigenvalue weighted by atomic mass is 10.1. The first-order valence-electron chi connectivity index (χ1n) is 6.42. The van der Waals surface area contributed by atoms with Crippen molar-refractivity contribution < 1.29 is 19.4 Å². The van der Waals surface area contributed by atoms with E-state index in [0.29, 0.717) is 12.8 Å². The molecule has 0 unspecified atom stereocenters. The monoisotopic (exact) mass is 341 g/mol. The molecule has 0 aliphatic carbocycles. The number of hydrogen-bond acceptors (Lipinski definition) is 3. The van der Waals surface area contributed by atoms with Crippen LogP contribution in [0.4, 0.5) is 0 Å². The van der Waals surface area contributed by atoms with E-state index in [-0.39, 0.29) is 11.9 Å². The number of amides is 1. The number of aliphatic carboxylic acids is 1. The molecule has 5 nitrogen and oxygen atoms in total. The van der Waals surface area contributed by atoms with Gasteiger partial charge in [-0.05, 0) is 31.4 Å². The molecule has 20 heavy (non-hydrogen) atoms. The summed E-state index contributed by atoms with van der Waals surface area (Å²) in [4.78, 5) is 22.9. The van der Waals surface area contributed by atoms with Crippen LogP contribution in [0.2, 0.25) is 0 Å². The standard InChI is InChI=1S/C14H16BrNO4/c1-8(9-4-2-3-5-10(9)15)16-13(17)11-6-7-12(20-11)14(18)19/h2-5,8,11-12H,6-7H2,1H3,(H,16,17)(H,18,19)/t8-,11-,12+/m0/s1. The van der Waals surface area contributed by atoms with Crippen molar-refractivity contribution >= 4 is 27.8 Å². The highest BCUT2D eigenvalue weighted by atomic mass is 79.9. The summed E-state index contributed by atoms with van der Waals surface area (Å²) >= 11 is 3.44. The van der Waals surface area contributed by atoms with Crippen LogP contribution in [-0.2, 0) is 14.3 Å². The highest BCUT2D eigenvalue weighted by Gasteiger charge is 2.35. The van der Waals surface area contributed by atoms with Crippen LogP contribution in [0.1, 0.15) is 31.4 Å². The number of hydrogen-bond donors (Lipinski definition) is 2. The fourth-order valence-corrected chi connectivity index (χ4v) is 2.85. The van der Waals surface area contributed by atoms with Gasteiger partial charge in [0.05, 0.1) is 6.04 Å². The van der Waals surface area contributed by atoms with Gasteiger partial charge < -0.3 is 15.2 Å². The summed E-state index contributed by atoms with van der Waals surface area (Å²) in [5, 5.41) is 11.7. The van der Waals surface area contributed by atoms with Crippen LogP contribution in [0.5, 0.6) is 0 Å². The van der Waals surface area contributed by atoms with E-state index in [1.54, 1.807) is 0 Å². The number of nitrogens with one attached hydrogen (secondary N) is 1. The van der Waals surface area contributed by atoms with Gasteiger partial charge >= 0.3 is 5.97 Å². The van der Waals surface area contributed by atoms with Crippen LogP contribution in [0.15, 0.2) is 28.7 Å². The van der Waals surface area contributed by atoms with Gasteiger partial charge in [-0.3, -0.25) is 4.79 Å². The zero-order valence-electron chi connectivity index (χ0n) is 11.0. The quantitative estimate of drug-likeness (QED) is 0.880. The molecule has 0 radical (unpaired) electrons. The second-order valence-corrected chi connectivity index (χ2v) is 5.64. The molecule has 6 heteroatoms. The van der Waals surface area contributed by atoms with Crippen molar-refractivity contribution in [2.75, 3.05) is 0 Å². The lowest BCUT2D eigenvalue weighted by molar-refractivity contribution is -0.151.